The molecule has 4 atom stereocenters. The van der Waals surface area contributed by atoms with Crippen molar-refractivity contribution >= 4 is 32.6 Å². The number of nitrogens with zero attached hydrogens (tertiary/aromatic N) is 3. The largest absolute Gasteiger partial charge is 0.457 e. The predicted octanol–water partition coefficient (Wildman–Crippen LogP) is 2.39. The lowest BCUT2D eigenvalue weighted by Gasteiger charge is -2.36. The molecule has 2 saturated heterocycles. The molecule has 40 heavy (non-hydrogen) atoms. The van der Waals surface area contributed by atoms with E-state index in [1.165, 1.54) is 11.8 Å². The molecular formula is C29H34N4O6S. The summed E-state index contributed by atoms with van der Waals surface area (Å²) in [6, 6.07) is 17.5. The lowest BCUT2D eigenvalue weighted by atomic mass is 9.92. The van der Waals surface area contributed by atoms with Crippen molar-refractivity contribution in [2.75, 3.05) is 51.3 Å². The fourth-order valence-corrected chi connectivity index (χ4v) is 5.95. The molecule has 0 spiro atoms. The molecule has 1 aromatic heterocycles. The van der Waals surface area contributed by atoms with Crippen LogP contribution in [0.4, 0.5) is 5.69 Å². The molecule has 0 unspecified atom stereocenters. The zero-order chi connectivity index (χ0) is 28.4. The van der Waals surface area contributed by atoms with Crippen molar-refractivity contribution in [2.24, 2.45) is 5.92 Å². The first-order chi connectivity index (χ1) is 19.1. The molecule has 0 radical (unpaired) electrons. The molecule has 2 fully saturated rings. The predicted molar refractivity (Wildman–Crippen MR) is 153 cm³/mol. The molecule has 11 heteroatoms. The van der Waals surface area contributed by atoms with Gasteiger partial charge in [0.05, 0.1) is 24.9 Å². The molecule has 3 N–H and O–H groups in total. The van der Waals surface area contributed by atoms with E-state index in [1.807, 2.05) is 18.2 Å². The van der Waals surface area contributed by atoms with E-state index in [4.69, 9.17) is 9.15 Å². The first kappa shape index (κ1) is 28.3. The van der Waals surface area contributed by atoms with Crippen LogP contribution in [0.25, 0.3) is 28.2 Å². The summed E-state index contributed by atoms with van der Waals surface area (Å²) in [6.07, 6.45) is -1.55. The van der Waals surface area contributed by atoms with Crippen molar-refractivity contribution in [3.63, 3.8) is 0 Å². The van der Waals surface area contributed by atoms with Gasteiger partial charge in [-0.2, -0.15) is 5.26 Å². The van der Waals surface area contributed by atoms with Crippen molar-refractivity contribution in [2.45, 2.75) is 25.2 Å². The molecule has 0 bridgehead atoms. The zero-order valence-corrected chi connectivity index (χ0v) is 23.3. The van der Waals surface area contributed by atoms with E-state index in [0.29, 0.717) is 5.76 Å². The van der Waals surface area contributed by atoms with Crippen LogP contribution in [0, 0.1) is 17.2 Å². The molecule has 0 amide bonds. The summed E-state index contributed by atoms with van der Waals surface area (Å²) in [4.78, 5) is 4.19. The van der Waals surface area contributed by atoms with Crippen molar-refractivity contribution in [3.8, 4) is 17.4 Å². The number of likely N-dealkylation sites (N-methyl/N-ethyl adjacent to an activating group) is 1. The lowest BCUT2D eigenvalue weighted by Crippen LogP contribution is -2.52. The second-order valence-corrected chi connectivity index (χ2v) is 12.2. The Hall–Kier alpha value is -3.24. The average Bonchev–Trinajstić information content (AvgIpc) is 3.43. The number of allylic oxidation sites excluding steroid dienone is 1. The van der Waals surface area contributed by atoms with Gasteiger partial charge in [0.2, 0.25) is 0 Å². The van der Waals surface area contributed by atoms with Gasteiger partial charge in [-0.1, -0.05) is 25.1 Å². The Morgan fingerprint density at radius 1 is 1.10 bits per heavy atom. The third-order valence-electron chi connectivity index (χ3n) is 7.76. The van der Waals surface area contributed by atoms with E-state index in [0.717, 1.165) is 42.5 Å². The van der Waals surface area contributed by atoms with E-state index < -0.39 is 39.2 Å². The molecule has 0 saturated carbocycles. The summed E-state index contributed by atoms with van der Waals surface area (Å²) in [5.41, 5.74) is 2.04. The van der Waals surface area contributed by atoms with Crippen LogP contribution >= 0.6 is 0 Å². The highest BCUT2D eigenvalue weighted by Gasteiger charge is 2.36. The topological polar surface area (TPSA) is 139 Å². The summed E-state index contributed by atoms with van der Waals surface area (Å²) in [5, 5.41) is 31.8. The number of ether oxygens (including phenoxy) is 1. The standard InChI is InChI=1S/C29H34N4O6S/c1-19-26(34)18-38-28(29(19)35)17-31-40(36,37)25(16-30)15-24-7-8-27(39-24)22-4-3-21-14-23(6-5-20(21)13-22)33-11-9-32(2)10-12-33/h3-8,13-15,19,26,28-29,31,34-35H,9-12,17-18H2,1-2H3/b25-15+/t19-,26+,28-,29+/m1/s1. The molecule has 0 aliphatic carbocycles. The molecule has 212 valence electrons. The summed E-state index contributed by atoms with van der Waals surface area (Å²) in [6.45, 7) is 5.50. The van der Waals surface area contributed by atoms with Crippen LogP contribution in [-0.4, -0.2) is 88.2 Å². The summed E-state index contributed by atoms with van der Waals surface area (Å²) in [5.74, 6) is 0.295. The van der Waals surface area contributed by atoms with Crippen LogP contribution in [0.2, 0.25) is 0 Å². The van der Waals surface area contributed by atoms with Crippen molar-refractivity contribution in [1.82, 2.24) is 9.62 Å². The number of hydrogen-bond donors (Lipinski definition) is 3. The van der Waals surface area contributed by atoms with E-state index in [-0.39, 0.29) is 18.9 Å². The Bertz CT molecular complexity index is 1540. The van der Waals surface area contributed by atoms with E-state index in [1.54, 1.807) is 25.1 Å². The number of benzene rings is 2. The van der Waals surface area contributed by atoms with Crippen molar-refractivity contribution in [1.29, 1.82) is 5.26 Å². The molecule has 3 aromatic rings. The first-order valence-electron chi connectivity index (χ1n) is 13.3. The molecule has 5 rings (SSSR count). The monoisotopic (exact) mass is 566 g/mol. The van der Waals surface area contributed by atoms with Gasteiger partial charge >= 0.3 is 0 Å². The fourth-order valence-electron chi connectivity index (χ4n) is 5.02. The average molecular weight is 567 g/mol. The summed E-state index contributed by atoms with van der Waals surface area (Å²) in [7, 11) is -2.06. The summed E-state index contributed by atoms with van der Waals surface area (Å²) < 4.78 is 39.2. The minimum atomic E-state index is -4.20. The van der Waals surface area contributed by atoms with Crippen LogP contribution in [-0.2, 0) is 14.8 Å². The molecule has 10 nitrogen and oxygen atoms in total. The van der Waals surface area contributed by atoms with E-state index in [9.17, 15) is 23.9 Å². The maximum Gasteiger partial charge on any atom is 0.250 e. The third kappa shape index (κ3) is 6.07. The molecule has 3 heterocycles. The Morgan fingerprint density at radius 3 is 2.58 bits per heavy atom. The number of aliphatic hydroxyl groups is 2. The van der Waals surface area contributed by atoms with Gasteiger partial charge in [0, 0.05) is 56.0 Å². The highest BCUT2D eigenvalue weighted by atomic mass is 32.2. The van der Waals surface area contributed by atoms with Crippen LogP contribution in [0.3, 0.4) is 0 Å². The second-order valence-electron chi connectivity index (χ2n) is 10.5. The Labute approximate surface area is 234 Å². The van der Waals surface area contributed by atoms with Gasteiger partial charge < -0.3 is 29.2 Å². The van der Waals surface area contributed by atoms with Crippen LogP contribution in [0.15, 0.2) is 57.9 Å². The van der Waals surface area contributed by atoms with E-state index in [2.05, 4.69) is 39.8 Å². The van der Waals surface area contributed by atoms with Crippen molar-refractivity contribution < 1.29 is 27.8 Å². The quantitative estimate of drug-likeness (QED) is 0.368. The molecule has 2 aliphatic rings. The zero-order valence-electron chi connectivity index (χ0n) is 22.5. The maximum absolute atomic E-state index is 12.8. The van der Waals surface area contributed by atoms with Gasteiger partial charge in [-0.05, 0) is 48.2 Å². The Morgan fingerprint density at radius 2 is 1.82 bits per heavy atom. The van der Waals surface area contributed by atoms with Crippen LogP contribution in [0.5, 0.6) is 0 Å². The minimum Gasteiger partial charge on any atom is -0.457 e. The molecule has 2 aromatic carbocycles. The fraction of sp³-hybridized carbons (Fsp3) is 0.414. The number of fused-ring (bicyclic) bond motifs is 1. The van der Waals surface area contributed by atoms with Gasteiger partial charge in [-0.25, -0.2) is 13.1 Å². The van der Waals surface area contributed by atoms with Gasteiger partial charge in [-0.15, -0.1) is 0 Å². The number of nitrogens with one attached hydrogen (secondary N) is 1. The van der Waals surface area contributed by atoms with Crippen LogP contribution in [0.1, 0.15) is 12.7 Å². The highest BCUT2D eigenvalue weighted by molar-refractivity contribution is 7.93. The van der Waals surface area contributed by atoms with Crippen molar-refractivity contribution in [3.05, 3.63) is 59.2 Å². The number of anilines is 1. The first-order valence-corrected chi connectivity index (χ1v) is 14.8. The number of hydrogen-bond acceptors (Lipinski definition) is 9. The highest BCUT2D eigenvalue weighted by Crippen LogP contribution is 2.30. The number of piperazine rings is 1. The van der Waals surface area contributed by atoms with E-state index >= 15 is 0 Å². The SMILES string of the molecule is C[C@H]1[C@H](O)[C@@H](CNS(=O)(=O)/C(C#N)=C/c2ccc(-c3ccc4cc(N5CCN(C)CC5)ccc4c3)o2)OC[C@@H]1O. The van der Waals surface area contributed by atoms with Gasteiger partial charge in [0.15, 0.2) is 4.91 Å². The minimum absolute atomic E-state index is 0.00701. The molecule has 2 aliphatic heterocycles. The number of sulfonamides is 1. The second kappa shape index (κ2) is 11.7. The lowest BCUT2D eigenvalue weighted by molar-refractivity contribution is -0.151. The number of aliphatic hydroxyl groups excluding tert-OH is 2. The van der Waals surface area contributed by atoms with Crippen LogP contribution < -0.4 is 9.62 Å². The van der Waals surface area contributed by atoms with Gasteiger partial charge in [0.25, 0.3) is 10.0 Å². The number of furan rings is 1. The molecular weight excluding hydrogens is 532 g/mol. The number of nitriles is 1. The maximum atomic E-state index is 12.8. The smallest absolute Gasteiger partial charge is 0.250 e. The third-order valence-corrected chi connectivity index (χ3v) is 9.09. The summed E-state index contributed by atoms with van der Waals surface area (Å²) >= 11 is 0. The Kier molecular flexibility index (Phi) is 8.28. The normalized spacial score (nSPS) is 24.8. The van der Waals surface area contributed by atoms with Gasteiger partial charge in [-0.3, -0.25) is 0 Å². The van der Waals surface area contributed by atoms with Gasteiger partial charge in [0.1, 0.15) is 17.6 Å². The Balaban J connectivity index is 1.29. The number of rotatable bonds is 7.